The highest BCUT2D eigenvalue weighted by Gasteiger charge is 2.40. The molecule has 18 heavy (non-hydrogen) atoms. The van der Waals surface area contributed by atoms with Crippen molar-refractivity contribution in [2.75, 3.05) is 24.7 Å². The van der Waals surface area contributed by atoms with E-state index in [4.69, 9.17) is 4.74 Å². The normalized spacial score (nSPS) is 14.3. The number of halogens is 2. The Bertz CT molecular complexity index is 516. The predicted octanol–water partition coefficient (Wildman–Crippen LogP) is 1.53. The summed E-state index contributed by atoms with van der Waals surface area (Å²) in [6, 6.07) is 1.74. The Kier molecular flexibility index (Phi) is 3.38. The fraction of sp³-hybridized carbons (Fsp3) is 0.333. The van der Waals surface area contributed by atoms with Crippen LogP contribution in [0.1, 0.15) is 17.3 Å². The summed E-state index contributed by atoms with van der Waals surface area (Å²) in [5.41, 5.74) is -0.777. The van der Waals surface area contributed by atoms with Gasteiger partial charge in [0.25, 0.3) is 11.7 Å². The molecular weight excluding hydrogens is 244 g/mol. The molecule has 0 aromatic heterocycles. The van der Waals surface area contributed by atoms with Crippen LogP contribution in [0.5, 0.6) is 0 Å². The Morgan fingerprint density at radius 3 is 2.56 bits per heavy atom. The highest BCUT2D eigenvalue weighted by Crippen LogP contribution is 2.33. The third-order valence-corrected chi connectivity index (χ3v) is 2.68. The van der Waals surface area contributed by atoms with Crippen molar-refractivity contribution < 1.29 is 23.1 Å². The van der Waals surface area contributed by atoms with E-state index in [0.29, 0.717) is 6.61 Å². The maximum atomic E-state index is 13.6. The smallest absolute Gasteiger partial charge is 0.299 e. The third kappa shape index (κ3) is 1.88. The molecule has 0 spiro atoms. The molecule has 0 unspecified atom stereocenters. The molecule has 0 fully saturated rings. The average molecular weight is 255 g/mol. The number of fused-ring (bicyclic) bond motifs is 1. The van der Waals surface area contributed by atoms with E-state index in [-0.39, 0.29) is 18.8 Å². The van der Waals surface area contributed by atoms with Gasteiger partial charge in [-0.05, 0) is 19.1 Å². The first-order valence-corrected chi connectivity index (χ1v) is 5.49. The lowest BCUT2D eigenvalue weighted by molar-refractivity contribution is -0.114. The Balaban J connectivity index is 2.39. The second-order valence-electron chi connectivity index (χ2n) is 3.74. The molecule has 1 aliphatic heterocycles. The van der Waals surface area contributed by atoms with Crippen LogP contribution < -0.4 is 4.90 Å². The van der Waals surface area contributed by atoms with Gasteiger partial charge in [0.15, 0.2) is 0 Å². The molecule has 0 N–H and O–H groups in total. The average Bonchev–Trinajstić information content (AvgIpc) is 2.60. The van der Waals surface area contributed by atoms with Gasteiger partial charge < -0.3 is 4.74 Å². The van der Waals surface area contributed by atoms with E-state index in [9.17, 15) is 18.4 Å². The number of ether oxygens (including phenoxy) is 1. The van der Waals surface area contributed by atoms with Gasteiger partial charge in [-0.25, -0.2) is 8.78 Å². The second kappa shape index (κ2) is 4.81. The predicted molar refractivity (Wildman–Crippen MR) is 59.5 cm³/mol. The molecule has 2 rings (SSSR count). The number of carbonyl (C=O) groups excluding carboxylic acids is 2. The van der Waals surface area contributed by atoms with Crippen molar-refractivity contribution in [1.29, 1.82) is 0 Å². The highest BCUT2D eigenvalue weighted by molar-refractivity contribution is 6.52. The van der Waals surface area contributed by atoms with Crippen LogP contribution in [0, 0.1) is 11.6 Å². The molecule has 96 valence electrons. The number of rotatable bonds is 4. The van der Waals surface area contributed by atoms with Gasteiger partial charge in [-0.1, -0.05) is 0 Å². The van der Waals surface area contributed by atoms with E-state index in [1.165, 1.54) is 0 Å². The lowest BCUT2D eigenvalue weighted by Crippen LogP contribution is -2.33. The van der Waals surface area contributed by atoms with E-state index in [1.807, 2.05) is 0 Å². The van der Waals surface area contributed by atoms with E-state index in [0.717, 1.165) is 17.0 Å². The molecule has 0 bridgehead atoms. The number of anilines is 1. The summed E-state index contributed by atoms with van der Waals surface area (Å²) in [6.45, 7) is 2.39. The van der Waals surface area contributed by atoms with Crippen molar-refractivity contribution in [2.45, 2.75) is 6.92 Å². The third-order valence-electron chi connectivity index (χ3n) is 2.68. The molecular formula is C12H11F2NO3. The van der Waals surface area contributed by atoms with E-state index >= 15 is 0 Å². The fourth-order valence-corrected chi connectivity index (χ4v) is 1.87. The minimum atomic E-state index is -1.02. The van der Waals surface area contributed by atoms with E-state index in [2.05, 4.69) is 0 Å². The minimum Gasteiger partial charge on any atom is -0.380 e. The number of hydrogen-bond donors (Lipinski definition) is 0. The molecule has 1 heterocycles. The first kappa shape index (κ1) is 12.6. The van der Waals surface area contributed by atoms with Crippen LogP contribution in [0.15, 0.2) is 12.1 Å². The van der Waals surface area contributed by atoms with Crippen LogP contribution in [0.4, 0.5) is 14.5 Å². The van der Waals surface area contributed by atoms with Crippen molar-refractivity contribution >= 4 is 17.4 Å². The van der Waals surface area contributed by atoms with Crippen molar-refractivity contribution in [3.05, 3.63) is 29.3 Å². The van der Waals surface area contributed by atoms with Gasteiger partial charge in [0, 0.05) is 13.2 Å². The Hall–Kier alpha value is -1.82. The monoisotopic (exact) mass is 255 g/mol. The number of carbonyl (C=O) groups is 2. The largest absolute Gasteiger partial charge is 0.380 e. The number of nitrogens with zero attached hydrogens (tertiary/aromatic N) is 1. The van der Waals surface area contributed by atoms with Gasteiger partial charge in [-0.15, -0.1) is 0 Å². The summed E-state index contributed by atoms with van der Waals surface area (Å²) in [5.74, 6) is -3.61. The number of amides is 1. The Labute approximate surface area is 102 Å². The minimum absolute atomic E-state index is 0.0196. The molecule has 0 radical (unpaired) electrons. The van der Waals surface area contributed by atoms with Gasteiger partial charge in [-0.2, -0.15) is 0 Å². The number of Topliss-reactive ketones (excluding diaryl/α,β-unsaturated/α-hetero) is 1. The topological polar surface area (TPSA) is 46.6 Å². The zero-order chi connectivity index (χ0) is 13.3. The Morgan fingerprint density at radius 2 is 1.89 bits per heavy atom. The molecule has 6 heteroatoms. The molecule has 1 aromatic rings. The molecule has 1 amide bonds. The van der Waals surface area contributed by atoms with Crippen LogP contribution >= 0.6 is 0 Å². The standard InChI is InChI=1S/C12H11F2NO3/c1-2-18-6-5-15-10-8(14)4-3-7(13)9(10)11(16)12(15)17/h3-4H,2,5-6H2,1H3. The number of hydrogen-bond acceptors (Lipinski definition) is 3. The molecule has 0 atom stereocenters. The van der Waals surface area contributed by atoms with Gasteiger partial charge in [0.1, 0.15) is 11.6 Å². The summed E-state index contributed by atoms with van der Waals surface area (Å²) < 4.78 is 32.1. The first-order valence-electron chi connectivity index (χ1n) is 5.49. The zero-order valence-corrected chi connectivity index (χ0v) is 9.70. The molecule has 0 aliphatic carbocycles. The van der Waals surface area contributed by atoms with Crippen molar-refractivity contribution in [1.82, 2.24) is 0 Å². The van der Waals surface area contributed by atoms with Gasteiger partial charge in [-0.3, -0.25) is 14.5 Å². The van der Waals surface area contributed by atoms with Gasteiger partial charge >= 0.3 is 0 Å². The number of ketones is 1. The molecule has 1 aliphatic rings. The lowest BCUT2D eigenvalue weighted by atomic mass is 10.1. The zero-order valence-electron chi connectivity index (χ0n) is 9.70. The maximum absolute atomic E-state index is 13.6. The SMILES string of the molecule is CCOCCN1C(=O)C(=O)c2c(F)ccc(F)c21. The molecule has 4 nitrogen and oxygen atoms in total. The van der Waals surface area contributed by atoms with Crippen LogP contribution in [-0.2, 0) is 9.53 Å². The fourth-order valence-electron chi connectivity index (χ4n) is 1.87. The van der Waals surface area contributed by atoms with Crippen molar-refractivity contribution in [3.63, 3.8) is 0 Å². The Morgan fingerprint density at radius 1 is 1.22 bits per heavy atom. The maximum Gasteiger partial charge on any atom is 0.299 e. The summed E-state index contributed by atoms with van der Waals surface area (Å²) in [5, 5.41) is 0. The van der Waals surface area contributed by atoms with E-state index < -0.39 is 28.9 Å². The van der Waals surface area contributed by atoms with E-state index in [1.54, 1.807) is 6.92 Å². The summed E-state index contributed by atoms with van der Waals surface area (Å²) in [6.07, 6.45) is 0. The quantitative estimate of drug-likeness (QED) is 0.605. The molecule has 0 saturated heterocycles. The van der Waals surface area contributed by atoms with Crippen LogP contribution in [0.25, 0.3) is 0 Å². The van der Waals surface area contributed by atoms with Crippen molar-refractivity contribution in [2.24, 2.45) is 0 Å². The summed E-state index contributed by atoms with van der Waals surface area (Å²) in [7, 11) is 0. The van der Waals surface area contributed by atoms with Crippen LogP contribution in [0.3, 0.4) is 0 Å². The second-order valence-corrected chi connectivity index (χ2v) is 3.74. The molecule has 1 aromatic carbocycles. The molecule has 0 saturated carbocycles. The lowest BCUT2D eigenvalue weighted by Gasteiger charge is -2.16. The summed E-state index contributed by atoms with van der Waals surface area (Å²) >= 11 is 0. The van der Waals surface area contributed by atoms with Crippen molar-refractivity contribution in [3.8, 4) is 0 Å². The summed E-state index contributed by atoms with van der Waals surface area (Å²) in [4.78, 5) is 24.1. The number of benzene rings is 1. The van der Waals surface area contributed by atoms with Gasteiger partial charge in [0.2, 0.25) is 0 Å². The highest BCUT2D eigenvalue weighted by atomic mass is 19.1. The first-order chi connectivity index (χ1) is 8.57. The van der Waals surface area contributed by atoms with Crippen LogP contribution in [0.2, 0.25) is 0 Å². The van der Waals surface area contributed by atoms with Crippen LogP contribution in [-0.4, -0.2) is 31.4 Å². The van der Waals surface area contributed by atoms with Gasteiger partial charge in [0.05, 0.1) is 17.9 Å².